The molecule has 2 amide bonds. The number of rotatable bonds is 4. The Morgan fingerprint density at radius 3 is 2.62 bits per heavy atom. The molecule has 0 unspecified atom stereocenters. The molecule has 24 heavy (non-hydrogen) atoms. The molecule has 0 spiro atoms. The number of carbonyl (C=O) groups excluding carboxylic acids is 2. The van der Waals surface area contributed by atoms with E-state index in [9.17, 15) is 9.59 Å². The van der Waals surface area contributed by atoms with E-state index in [-0.39, 0.29) is 24.2 Å². The number of anilines is 1. The molecule has 2 fully saturated rings. The van der Waals surface area contributed by atoms with Gasteiger partial charge < -0.3 is 24.0 Å². The number of nitrogens with zero attached hydrogens (tertiary/aromatic N) is 2. The van der Waals surface area contributed by atoms with Crippen molar-refractivity contribution in [1.29, 1.82) is 0 Å². The van der Waals surface area contributed by atoms with Crippen LogP contribution in [0.1, 0.15) is 6.42 Å². The first-order valence-electron chi connectivity index (χ1n) is 8.03. The Balaban J connectivity index is 1.78. The van der Waals surface area contributed by atoms with Crippen molar-refractivity contribution in [3.8, 4) is 11.5 Å². The minimum Gasteiger partial charge on any atom is -0.497 e. The predicted octanol–water partition coefficient (Wildman–Crippen LogP) is 0.915. The fourth-order valence-electron chi connectivity index (χ4n) is 3.16. The Labute approximate surface area is 141 Å². The van der Waals surface area contributed by atoms with Crippen molar-refractivity contribution >= 4 is 17.5 Å². The molecule has 2 heterocycles. The summed E-state index contributed by atoms with van der Waals surface area (Å²) in [5.41, 5.74) is 0.638. The Morgan fingerprint density at radius 1 is 1.21 bits per heavy atom. The number of ether oxygens (including phenoxy) is 3. The molecule has 1 atom stereocenters. The average molecular weight is 334 g/mol. The van der Waals surface area contributed by atoms with Gasteiger partial charge in [0, 0.05) is 32.1 Å². The molecule has 130 valence electrons. The summed E-state index contributed by atoms with van der Waals surface area (Å²) in [6, 6.07) is 5.30. The smallest absolute Gasteiger partial charge is 0.228 e. The van der Waals surface area contributed by atoms with Crippen LogP contribution in [0.4, 0.5) is 5.69 Å². The van der Waals surface area contributed by atoms with Crippen LogP contribution in [-0.2, 0) is 14.3 Å². The lowest BCUT2D eigenvalue weighted by molar-refractivity contribution is -0.139. The Morgan fingerprint density at radius 2 is 1.96 bits per heavy atom. The number of methoxy groups -OCH3 is 2. The summed E-state index contributed by atoms with van der Waals surface area (Å²) in [6.45, 7) is 2.65. The van der Waals surface area contributed by atoms with Crippen molar-refractivity contribution in [2.24, 2.45) is 5.92 Å². The molecule has 0 radical (unpaired) electrons. The third-order valence-electron chi connectivity index (χ3n) is 4.47. The third-order valence-corrected chi connectivity index (χ3v) is 4.47. The van der Waals surface area contributed by atoms with Gasteiger partial charge in [-0.3, -0.25) is 9.59 Å². The van der Waals surface area contributed by atoms with E-state index in [2.05, 4.69) is 0 Å². The summed E-state index contributed by atoms with van der Waals surface area (Å²) in [5.74, 6) is 0.848. The second-order valence-corrected chi connectivity index (χ2v) is 5.88. The summed E-state index contributed by atoms with van der Waals surface area (Å²) in [5, 5.41) is 0. The van der Waals surface area contributed by atoms with Gasteiger partial charge in [0.25, 0.3) is 0 Å². The van der Waals surface area contributed by atoms with E-state index in [1.165, 1.54) is 0 Å². The first kappa shape index (κ1) is 16.6. The predicted molar refractivity (Wildman–Crippen MR) is 87.4 cm³/mol. The average Bonchev–Trinajstić information content (AvgIpc) is 3.02. The third kappa shape index (κ3) is 3.17. The van der Waals surface area contributed by atoms with Gasteiger partial charge in [0.1, 0.15) is 11.5 Å². The number of benzene rings is 1. The second-order valence-electron chi connectivity index (χ2n) is 5.88. The van der Waals surface area contributed by atoms with Crippen LogP contribution in [0.3, 0.4) is 0 Å². The largest absolute Gasteiger partial charge is 0.497 e. The lowest BCUT2D eigenvalue weighted by Gasteiger charge is -2.29. The van der Waals surface area contributed by atoms with Crippen LogP contribution >= 0.6 is 0 Å². The van der Waals surface area contributed by atoms with Crippen molar-refractivity contribution in [2.75, 3.05) is 52.0 Å². The first-order valence-corrected chi connectivity index (χ1v) is 8.03. The van der Waals surface area contributed by atoms with E-state index in [1.54, 1.807) is 42.2 Å². The van der Waals surface area contributed by atoms with Gasteiger partial charge in [-0.15, -0.1) is 0 Å². The molecule has 0 saturated carbocycles. The Kier molecular flexibility index (Phi) is 4.89. The van der Waals surface area contributed by atoms with Gasteiger partial charge in [0.2, 0.25) is 11.8 Å². The molecule has 2 saturated heterocycles. The molecule has 0 bridgehead atoms. The lowest BCUT2D eigenvalue weighted by Crippen LogP contribution is -2.44. The van der Waals surface area contributed by atoms with Gasteiger partial charge in [-0.25, -0.2) is 0 Å². The van der Waals surface area contributed by atoms with Gasteiger partial charge >= 0.3 is 0 Å². The monoisotopic (exact) mass is 334 g/mol. The van der Waals surface area contributed by atoms with Crippen molar-refractivity contribution in [1.82, 2.24) is 4.90 Å². The van der Waals surface area contributed by atoms with Crippen LogP contribution < -0.4 is 14.4 Å². The van der Waals surface area contributed by atoms with Gasteiger partial charge in [-0.1, -0.05) is 0 Å². The highest BCUT2D eigenvalue weighted by Gasteiger charge is 2.38. The minimum absolute atomic E-state index is 0.0241. The number of carbonyl (C=O) groups is 2. The highest BCUT2D eigenvalue weighted by Crippen LogP contribution is 2.36. The highest BCUT2D eigenvalue weighted by atomic mass is 16.5. The molecule has 0 N–H and O–H groups in total. The van der Waals surface area contributed by atoms with Crippen LogP contribution in [0.2, 0.25) is 0 Å². The van der Waals surface area contributed by atoms with E-state index in [4.69, 9.17) is 14.2 Å². The molecule has 7 heteroatoms. The number of hydrogen-bond acceptors (Lipinski definition) is 5. The Bertz CT molecular complexity index is 627. The molecule has 1 aromatic rings. The normalized spacial score (nSPS) is 21.1. The fourth-order valence-corrected chi connectivity index (χ4v) is 3.16. The van der Waals surface area contributed by atoms with Crippen LogP contribution in [0.5, 0.6) is 11.5 Å². The zero-order valence-electron chi connectivity index (χ0n) is 14.0. The molecule has 1 aromatic carbocycles. The number of morpholine rings is 1. The summed E-state index contributed by atoms with van der Waals surface area (Å²) >= 11 is 0. The topological polar surface area (TPSA) is 68.3 Å². The van der Waals surface area contributed by atoms with E-state index in [0.717, 1.165) is 0 Å². The van der Waals surface area contributed by atoms with E-state index >= 15 is 0 Å². The summed E-state index contributed by atoms with van der Waals surface area (Å²) in [4.78, 5) is 28.5. The van der Waals surface area contributed by atoms with Crippen molar-refractivity contribution in [3.63, 3.8) is 0 Å². The van der Waals surface area contributed by atoms with E-state index in [0.29, 0.717) is 50.0 Å². The molecule has 0 aliphatic carbocycles. The minimum atomic E-state index is -0.327. The van der Waals surface area contributed by atoms with Crippen LogP contribution in [0.25, 0.3) is 0 Å². The SMILES string of the molecule is COc1ccc(OC)c(N2C[C@@H](C(=O)N3CCOCC3)CC2=O)c1. The molecular formula is C17H22N2O5. The standard InChI is InChI=1S/C17H22N2O5/c1-22-13-3-4-15(23-2)14(10-13)19-11-12(9-16(19)20)17(21)18-5-7-24-8-6-18/h3-4,10,12H,5-9,11H2,1-2H3/t12-/m0/s1. The van der Waals surface area contributed by atoms with Crippen molar-refractivity contribution in [3.05, 3.63) is 18.2 Å². The lowest BCUT2D eigenvalue weighted by atomic mass is 10.1. The maximum atomic E-state index is 12.6. The van der Waals surface area contributed by atoms with Gasteiger partial charge in [-0.2, -0.15) is 0 Å². The highest BCUT2D eigenvalue weighted by molar-refractivity contribution is 6.01. The molecule has 2 aliphatic heterocycles. The quantitative estimate of drug-likeness (QED) is 0.819. The van der Waals surface area contributed by atoms with Crippen LogP contribution in [-0.4, -0.2) is 63.8 Å². The van der Waals surface area contributed by atoms with Crippen molar-refractivity contribution in [2.45, 2.75) is 6.42 Å². The molecule has 0 aromatic heterocycles. The second kappa shape index (κ2) is 7.09. The van der Waals surface area contributed by atoms with Crippen LogP contribution in [0, 0.1) is 5.92 Å². The molecule has 2 aliphatic rings. The van der Waals surface area contributed by atoms with Gasteiger partial charge in [0.05, 0.1) is 39.0 Å². The zero-order chi connectivity index (χ0) is 17.1. The van der Waals surface area contributed by atoms with Gasteiger partial charge in [0.15, 0.2) is 0 Å². The summed E-state index contributed by atoms with van der Waals surface area (Å²) in [6.07, 6.45) is 0.219. The fraction of sp³-hybridized carbons (Fsp3) is 0.529. The van der Waals surface area contributed by atoms with E-state index < -0.39 is 0 Å². The maximum Gasteiger partial charge on any atom is 0.228 e. The molecular weight excluding hydrogens is 312 g/mol. The van der Waals surface area contributed by atoms with Crippen molar-refractivity contribution < 1.29 is 23.8 Å². The maximum absolute atomic E-state index is 12.6. The zero-order valence-corrected chi connectivity index (χ0v) is 14.0. The molecule has 7 nitrogen and oxygen atoms in total. The van der Waals surface area contributed by atoms with Crippen LogP contribution in [0.15, 0.2) is 18.2 Å². The number of amides is 2. The number of hydrogen-bond donors (Lipinski definition) is 0. The van der Waals surface area contributed by atoms with E-state index in [1.807, 2.05) is 0 Å². The first-order chi connectivity index (χ1) is 11.6. The summed E-state index contributed by atoms with van der Waals surface area (Å²) in [7, 11) is 3.13. The summed E-state index contributed by atoms with van der Waals surface area (Å²) < 4.78 is 15.9. The van der Waals surface area contributed by atoms with Gasteiger partial charge in [-0.05, 0) is 12.1 Å². The molecule has 3 rings (SSSR count). The Hall–Kier alpha value is -2.28.